The van der Waals surface area contributed by atoms with E-state index in [4.69, 9.17) is 18.9 Å². The quantitative estimate of drug-likeness (QED) is 0.284. The topological polar surface area (TPSA) is 146 Å². The highest BCUT2D eigenvalue weighted by Crippen LogP contribution is 2.32. The molecule has 10 heteroatoms. The van der Waals surface area contributed by atoms with Crippen molar-refractivity contribution in [2.45, 2.75) is 92.0 Å². The summed E-state index contributed by atoms with van der Waals surface area (Å²) in [6.45, 7) is 12.3. The zero-order valence-corrected chi connectivity index (χ0v) is 21.9. The molecule has 1 saturated carbocycles. The van der Waals surface area contributed by atoms with Crippen molar-refractivity contribution >= 4 is 23.9 Å². The van der Waals surface area contributed by atoms with E-state index in [-0.39, 0.29) is 22.3 Å². The van der Waals surface area contributed by atoms with E-state index in [1.807, 2.05) is 0 Å². The molecule has 0 spiro atoms. The van der Waals surface area contributed by atoms with Crippen LogP contribution in [0.5, 0.6) is 0 Å². The van der Waals surface area contributed by atoms with Crippen LogP contribution in [-0.2, 0) is 38.1 Å². The second-order valence-corrected chi connectivity index (χ2v) is 8.35. The minimum atomic E-state index is -1.83. The van der Waals surface area contributed by atoms with E-state index >= 15 is 0 Å². The molecule has 0 aromatic heterocycles. The lowest BCUT2D eigenvalue weighted by Gasteiger charge is -2.45. The standard InChI is InChI=1S/C26H36O10/c1-9-13(5)23(29)33-19-17(27)21(35-25(31)15(7)11-3)22(36-26(32)16(8)12-4)18(28)20(19)34-24(30)14(6)10-2/h9-12,17-22,27-28H,1-8H3/b13-9-,14-10?,15-11?,16-12?/t17?,18?,19-,20+,21+,22+/m0/s1. The third kappa shape index (κ3) is 7.38. The van der Waals surface area contributed by atoms with Crippen LogP contribution < -0.4 is 0 Å². The molecule has 36 heavy (non-hydrogen) atoms. The van der Waals surface area contributed by atoms with E-state index in [0.717, 1.165) is 0 Å². The Hall–Kier alpha value is -3.24. The van der Waals surface area contributed by atoms with Gasteiger partial charge in [0.2, 0.25) is 0 Å². The average molecular weight is 509 g/mol. The van der Waals surface area contributed by atoms with Crippen LogP contribution in [0.4, 0.5) is 0 Å². The molecule has 1 aliphatic rings. The Kier molecular flexibility index (Phi) is 11.8. The normalized spacial score (nSPS) is 27.7. The number of ether oxygens (including phenoxy) is 4. The van der Waals surface area contributed by atoms with Crippen LogP contribution in [0.3, 0.4) is 0 Å². The molecule has 1 rings (SSSR count). The fraction of sp³-hybridized carbons (Fsp3) is 0.538. The summed E-state index contributed by atoms with van der Waals surface area (Å²) in [6, 6.07) is 0. The van der Waals surface area contributed by atoms with Crippen molar-refractivity contribution in [3.05, 3.63) is 46.6 Å². The molecule has 0 aliphatic heterocycles. The number of aliphatic hydroxyl groups is 2. The Balaban J connectivity index is 3.60. The first-order chi connectivity index (χ1) is 16.8. The first kappa shape index (κ1) is 30.8. The molecular formula is C26H36O10. The number of rotatable bonds is 8. The van der Waals surface area contributed by atoms with Gasteiger partial charge < -0.3 is 29.2 Å². The van der Waals surface area contributed by atoms with E-state index < -0.39 is 60.5 Å². The van der Waals surface area contributed by atoms with E-state index in [1.54, 1.807) is 27.7 Å². The van der Waals surface area contributed by atoms with Gasteiger partial charge in [-0.05, 0) is 55.4 Å². The van der Waals surface area contributed by atoms with Gasteiger partial charge in [0, 0.05) is 22.3 Å². The molecule has 1 aliphatic carbocycles. The second-order valence-electron chi connectivity index (χ2n) is 8.35. The lowest BCUT2D eigenvalue weighted by Crippen LogP contribution is -2.67. The summed E-state index contributed by atoms with van der Waals surface area (Å²) in [5.74, 6) is -3.42. The number of carbonyl (C=O) groups excluding carboxylic acids is 4. The molecule has 0 radical (unpaired) electrons. The monoisotopic (exact) mass is 508 g/mol. The van der Waals surface area contributed by atoms with Gasteiger partial charge in [0.05, 0.1) is 0 Å². The van der Waals surface area contributed by atoms with Crippen molar-refractivity contribution in [3.63, 3.8) is 0 Å². The summed E-state index contributed by atoms with van der Waals surface area (Å²) in [6.07, 6.45) is -4.41. The molecular weight excluding hydrogens is 472 g/mol. The lowest BCUT2D eigenvalue weighted by molar-refractivity contribution is -0.249. The highest BCUT2D eigenvalue weighted by molar-refractivity contribution is 5.90. The van der Waals surface area contributed by atoms with E-state index in [0.29, 0.717) is 0 Å². The highest BCUT2D eigenvalue weighted by atomic mass is 16.6. The fourth-order valence-corrected chi connectivity index (χ4v) is 3.04. The van der Waals surface area contributed by atoms with Crippen LogP contribution in [0.25, 0.3) is 0 Å². The molecule has 200 valence electrons. The predicted octanol–water partition coefficient (Wildman–Crippen LogP) is 2.23. The number of allylic oxidation sites excluding steroid dienone is 4. The molecule has 6 atom stereocenters. The largest absolute Gasteiger partial charge is 0.452 e. The van der Waals surface area contributed by atoms with Crippen molar-refractivity contribution in [1.29, 1.82) is 0 Å². The van der Waals surface area contributed by atoms with Gasteiger partial charge in [-0.15, -0.1) is 0 Å². The van der Waals surface area contributed by atoms with Crippen molar-refractivity contribution in [3.8, 4) is 0 Å². The van der Waals surface area contributed by atoms with Crippen LogP contribution in [0.2, 0.25) is 0 Å². The van der Waals surface area contributed by atoms with Crippen molar-refractivity contribution < 1.29 is 48.3 Å². The SMILES string of the molecule is CC=C(C)C(=O)O[C@@H]1C(O)[C@@H](OC(=O)C(C)=CC)[C@@H](OC(=O)/C(C)=C\C)C(O)[C@H]1OC(=O)C(C)=CC. The Labute approximate surface area is 211 Å². The van der Waals surface area contributed by atoms with Gasteiger partial charge in [-0.1, -0.05) is 24.3 Å². The Morgan fingerprint density at radius 1 is 0.472 bits per heavy atom. The van der Waals surface area contributed by atoms with Gasteiger partial charge >= 0.3 is 23.9 Å². The molecule has 0 aromatic rings. The third-order valence-corrected chi connectivity index (χ3v) is 5.99. The number of hydrogen-bond donors (Lipinski definition) is 2. The summed E-state index contributed by atoms with van der Waals surface area (Å²) in [7, 11) is 0. The van der Waals surface area contributed by atoms with E-state index in [1.165, 1.54) is 52.0 Å². The van der Waals surface area contributed by atoms with Crippen molar-refractivity contribution in [2.24, 2.45) is 0 Å². The molecule has 0 saturated heterocycles. The molecule has 0 amide bonds. The average Bonchev–Trinajstić information content (AvgIpc) is 2.88. The minimum absolute atomic E-state index is 0.182. The number of hydrogen-bond acceptors (Lipinski definition) is 10. The maximum absolute atomic E-state index is 12.5. The maximum Gasteiger partial charge on any atom is 0.333 e. The van der Waals surface area contributed by atoms with Crippen molar-refractivity contribution in [2.75, 3.05) is 0 Å². The smallest absolute Gasteiger partial charge is 0.333 e. The number of aliphatic hydroxyl groups excluding tert-OH is 2. The van der Waals surface area contributed by atoms with E-state index in [2.05, 4.69) is 0 Å². The molecule has 0 aromatic carbocycles. The maximum atomic E-state index is 12.5. The van der Waals surface area contributed by atoms with Gasteiger partial charge in [-0.2, -0.15) is 0 Å². The third-order valence-electron chi connectivity index (χ3n) is 5.99. The van der Waals surface area contributed by atoms with Crippen LogP contribution in [0.1, 0.15) is 55.4 Å². The van der Waals surface area contributed by atoms with Gasteiger partial charge in [-0.25, -0.2) is 19.2 Å². The molecule has 2 N–H and O–H groups in total. The van der Waals surface area contributed by atoms with Gasteiger partial charge in [-0.3, -0.25) is 0 Å². The fourth-order valence-electron chi connectivity index (χ4n) is 3.04. The summed E-state index contributed by atoms with van der Waals surface area (Å²) in [5, 5.41) is 22.4. The molecule has 1 fully saturated rings. The highest BCUT2D eigenvalue weighted by Gasteiger charge is 2.57. The summed E-state index contributed by atoms with van der Waals surface area (Å²) in [4.78, 5) is 50.2. The van der Waals surface area contributed by atoms with Gasteiger partial charge in [0.15, 0.2) is 24.4 Å². The number of carbonyl (C=O) groups is 4. The molecule has 0 heterocycles. The second kappa shape index (κ2) is 13.7. The summed E-state index contributed by atoms with van der Waals surface area (Å²) >= 11 is 0. The van der Waals surface area contributed by atoms with Crippen LogP contribution >= 0.6 is 0 Å². The Morgan fingerprint density at radius 3 is 0.778 bits per heavy atom. The van der Waals surface area contributed by atoms with E-state index in [9.17, 15) is 29.4 Å². The van der Waals surface area contributed by atoms with Crippen molar-refractivity contribution in [1.82, 2.24) is 0 Å². The minimum Gasteiger partial charge on any atom is -0.452 e. The summed E-state index contributed by atoms with van der Waals surface area (Å²) < 4.78 is 21.6. The van der Waals surface area contributed by atoms with Crippen LogP contribution in [0, 0.1) is 0 Å². The Morgan fingerprint density at radius 2 is 0.639 bits per heavy atom. The molecule has 2 unspecified atom stereocenters. The number of esters is 4. The predicted molar refractivity (Wildman–Crippen MR) is 129 cm³/mol. The summed E-state index contributed by atoms with van der Waals surface area (Å²) in [5.41, 5.74) is 0.730. The molecule has 10 nitrogen and oxygen atoms in total. The van der Waals surface area contributed by atoms with Crippen LogP contribution in [-0.4, -0.2) is 70.7 Å². The lowest BCUT2D eigenvalue weighted by atomic mass is 9.84. The Bertz CT molecular complexity index is 817. The zero-order chi connectivity index (χ0) is 27.7. The molecule has 0 bridgehead atoms. The van der Waals surface area contributed by atoms with Gasteiger partial charge in [0.25, 0.3) is 0 Å². The first-order valence-electron chi connectivity index (χ1n) is 11.6. The zero-order valence-electron chi connectivity index (χ0n) is 21.9. The first-order valence-corrected chi connectivity index (χ1v) is 11.6. The van der Waals surface area contributed by atoms with Crippen LogP contribution in [0.15, 0.2) is 46.6 Å². The van der Waals surface area contributed by atoms with Gasteiger partial charge in [0.1, 0.15) is 12.2 Å².